The first-order valence-corrected chi connectivity index (χ1v) is 10.1. The number of hydrogen-bond acceptors (Lipinski definition) is 3. The van der Waals surface area contributed by atoms with E-state index in [1.807, 2.05) is 12.1 Å². The molecule has 1 N–H and O–H groups in total. The predicted octanol–water partition coefficient (Wildman–Crippen LogP) is 5.22. The molecule has 0 radical (unpaired) electrons. The van der Waals surface area contributed by atoms with Gasteiger partial charge in [0.25, 0.3) is 5.91 Å². The zero-order valence-electron chi connectivity index (χ0n) is 16.2. The highest BCUT2D eigenvalue weighted by molar-refractivity contribution is 6.31. The van der Waals surface area contributed by atoms with Gasteiger partial charge in [0, 0.05) is 18.1 Å². The molecule has 1 aliphatic heterocycles. The molecule has 1 aliphatic rings. The van der Waals surface area contributed by atoms with E-state index in [1.54, 1.807) is 31.2 Å². The second-order valence-electron chi connectivity index (χ2n) is 7.17. The van der Waals surface area contributed by atoms with Crippen molar-refractivity contribution in [1.29, 1.82) is 0 Å². The predicted molar refractivity (Wildman–Crippen MR) is 114 cm³/mol. The number of amides is 1. The maximum Gasteiger partial charge on any atom is 0.259 e. The lowest BCUT2D eigenvalue weighted by Crippen LogP contribution is -2.30. The van der Waals surface area contributed by atoms with Crippen molar-refractivity contribution in [3.05, 3.63) is 70.8 Å². The molecule has 7 heteroatoms. The molecule has 2 heterocycles. The van der Waals surface area contributed by atoms with E-state index in [0.29, 0.717) is 27.7 Å². The van der Waals surface area contributed by atoms with Crippen molar-refractivity contribution in [1.82, 2.24) is 9.78 Å². The summed E-state index contributed by atoms with van der Waals surface area (Å²) in [7, 11) is 0. The van der Waals surface area contributed by atoms with Gasteiger partial charge in [-0.15, -0.1) is 0 Å². The fourth-order valence-electron chi connectivity index (χ4n) is 3.71. The summed E-state index contributed by atoms with van der Waals surface area (Å²) in [6.07, 6.45) is 4.94. The maximum atomic E-state index is 14.1. The van der Waals surface area contributed by atoms with Crippen molar-refractivity contribution in [2.75, 3.05) is 23.3 Å². The number of hydrogen-bond donors (Lipinski definition) is 1. The van der Waals surface area contributed by atoms with Gasteiger partial charge in [0.2, 0.25) is 0 Å². The third-order valence-corrected chi connectivity index (χ3v) is 5.47. The van der Waals surface area contributed by atoms with Gasteiger partial charge in [-0.25, -0.2) is 9.07 Å². The van der Waals surface area contributed by atoms with E-state index in [1.165, 1.54) is 23.4 Å². The molecule has 0 spiro atoms. The summed E-state index contributed by atoms with van der Waals surface area (Å²) in [5, 5.41) is 7.75. The second kappa shape index (κ2) is 8.25. The van der Waals surface area contributed by atoms with Gasteiger partial charge in [-0.05, 0) is 56.5 Å². The molecule has 1 amide bonds. The van der Waals surface area contributed by atoms with Crippen molar-refractivity contribution in [3.8, 4) is 5.69 Å². The third-order valence-electron chi connectivity index (χ3n) is 5.24. The van der Waals surface area contributed by atoms with Crippen LogP contribution in [0.2, 0.25) is 5.02 Å². The monoisotopic (exact) mass is 412 g/mol. The van der Waals surface area contributed by atoms with E-state index in [-0.39, 0.29) is 5.91 Å². The van der Waals surface area contributed by atoms with E-state index in [2.05, 4.69) is 15.3 Å². The van der Waals surface area contributed by atoms with Crippen LogP contribution >= 0.6 is 11.6 Å². The molecule has 5 nitrogen and oxygen atoms in total. The van der Waals surface area contributed by atoms with Crippen LogP contribution in [0.4, 0.5) is 15.8 Å². The van der Waals surface area contributed by atoms with Gasteiger partial charge in [0.05, 0.1) is 28.8 Å². The lowest BCUT2D eigenvalue weighted by Gasteiger charge is -2.30. The van der Waals surface area contributed by atoms with Gasteiger partial charge in [-0.3, -0.25) is 4.79 Å². The highest BCUT2D eigenvalue weighted by atomic mass is 35.5. The minimum Gasteiger partial charge on any atom is -0.370 e. The summed E-state index contributed by atoms with van der Waals surface area (Å²) in [5.41, 5.74) is 2.89. The molecule has 4 rings (SSSR count). The van der Waals surface area contributed by atoms with Crippen LogP contribution in [0.3, 0.4) is 0 Å². The zero-order chi connectivity index (χ0) is 20.4. The van der Waals surface area contributed by atoms with Crippen LogP contribution in [-0.4, -0.2) is 28.8 Å². The molecule has 0 aliphatic carbocycles. The molecular formula is C22H22ClFN4O. The summed E-state index contributed by atoms with van der Waals surface area (Å²) in [6.45, 7) is 3.65. The number of halogens is 2. The average Bonchev–Trinajstić information content (AvgIpc) is 3.10. The van der Waals surface area contributed by atoms with Gasteiger partial charge >= 0.3 is 0 Å². The summed E-state index contributed by atoms with van der Waals surface area (Å²) in [5.74, 6) is -0.696. The van der Waals surface area contributed by atoms with Gasteiger partial charge in [0.15, 0.2) is 0 Å². The molecule has 1 aromatic heterocycles. The summed E-state index contributed by atoms with van der Waals surface area (Å²) >= 11 is 6.19. The molecule has 0 bridgehead atoms. The van der Waals surface area contributed by atoms with Crippen LogP contribution in [0.1, 0.15) is 35.3 Å². The van der Waals surface area contributed by atoms with Crippen LogP contribution in [0.25, 0.3) is 5.69 Å². The van der Waals surface area contributed by atoms with E-state index in [9.17, 15) is 9.18 Å². The van der Waals surface area contributed by atoms with E-state index >= 15 is 0 Å². The van der Waals surface area contributed by atoms with Crippen molar-refractivity contribution in [3.63, 3.8) is 0 Å². The average molecular weight is 413 g/mol. The molecule has 29 heavy (non-hydrogen) atoms. The summed E-state index contributed by atoms with van der Waals surface area (Å²) in [4.78, 5) is 15.3. The number of carbonyl (C=O) groups is 1. The Morgan fingerprint density at radius 2 is 1.86 bits per heavy atom. The molecule has 1 fully saturated rings. The molecule has 0 atom stereocenters. The summed E-state index contributed by atoms with van der Waals surface area (Å²) < 4.78 is 15.6. The van der Waals surface area contributed by atoms with Crippen molar-refractivity contribution < 1.29 is 9.18 Å². The molecular weight excluding hydrogens is 391 g/mol. The number of benzene rings is 2. The number of para-hydroxylation sites is 1. The normalized spacial score (nSPS) is 14.1. The highest BCUT2D eigenvalue weighted by Crippen LogP contribution is 2.32. The van der Waals surface area contributed by atoms with Gasteiger partial charge in [0.1, 0.15) is 11.5 Å². The van der Waals surface area contributed by atoms with Crippen LogP contribution in [0, 0.1) is 12.7 Å². The van der Waals surface area contributed by atoms with E-state index < -0.39 is 5.82 Å². The minimum absolute atomic E-state index is 0.300. The first-order chi connectivity index (χ1) is 14.0. The Morgan fingerprint density at radius 3 is 2.62 bits per heavy atom. The van der Waals surface area contributed by atoms with Gasteiger partial charge in [-0.2, -0.15) is 5.10 Å². The number of aromatic nitrogens is 2. The largest absolute Gasteiger partial charge is 0.370 e. The number of rotatable bonds is 4. The number of nitrogens with one attached hydrogen (secondary N) is 1. The topological polar surface area (TPSA) is 50.2 Å². The Morgan fingerprint density at radius 1 is 1.10 bits per heavy atom. The van der Waals surface area contributed by atoms with Crippen LogP contribution in [-0.2, 0) is 0 Å². The number of carbonyl (C=O) groups excluding carboxylic acids is 1. The minimum atomic E-state index is -0.395. The van der Waals surface area contributed by atoms with Crippen molar-refractivity contribution in [2.45, 2.75) is 26.2 Å². The molecule has 0 unspecified atom stereocenters. The Hall–Kier alpha value is -2.86. The first-order valence-electron chi connectivity index (χ1n) is 9.70. The lowest BCUT2D eigenvalue weighted by molar-refractivity contribution is 0.102. The van der Waals surface area contributed by atoms with Crippen LogP contribution < -0.4 is 10.2 Å². The smallest absolute Gasteiger partial charge is 0.259 e. The Kier molecular flexibility index (Phi) is 5.53. The van der Waals surface area contributed by atoms with Crippen LogP contribution in [0.5, 0.6) is 0 Å². The molecule has 150 valence electrons. The zero-order valence-corrected chi connectivity index (χ0v) is 16.9. The molecule has 3 aromatic rings. The molecule has 2 aromatic carbocycles. The number of nitrogens with zero attached hydrogens (tertiary/aromatic N) is 3. The Labute approximate surface area is 174 Å². The maximum absolute atomic E-state index is 14.1. The third kappa shape index (κ3) is 3.98. The quantitative estimate of drug-likeness (QED) is 0.639. The Balaban J connectivity index is 1.62. The fourth-order valence-corrected chi connectivity index (χ4v) is 3.88. The van der Waals surface area contributed by atoms with E-state index in [0.717, 1.165) is 31.6 Å². The Bertz CT molecular complexity index is 1040. The van der Waals surface area contributed by atoms with Crippen molar-refractivity contribution in [2.24, 2.45) is 0 Å². The van der Waals surface area contributed by atoms with Crippen LogP contribution in [0.15, 0.2) is 48.7 Å². The lowest BCUT2D eigenvalue weighted by atomic mass is 10.1. The summed E-state index contributed by atoms with van der Waals surface area (Å²) in [6, 6.07) is 11.9. The molecule has 0 saturated carbocycles. The standard InChI is InChI=1S/C22H22ClFN4O/c1-15-17(14-25-28(15)20-8-4-3-7-18(20)24)22(29)26-19-13-16(23)9-10-21(19)27-11-5-2-6-12-27/h3-4,7-10,13-14H,2,5-6,11-12H2,1H3,(H,26,29). The first kappa shape index (κ1) is 19.5. The second-order valence-corrected chi connectivity index (χ2v) is 7.61. The molecule has 1 saturated heterocycles. The fraction of sp³-hybridized carbons (Fsp3) is 0.273. The van der Waals surface area contributed by atoms with Gasteiger partial charge in [-0.1, -0.05) is 23.7 Å². The number of anilines is 2. The van der Waals surface area contributed by atoms with Gasteiger partial charge < -0.3 is 10.2 Å². The van der Waals surface area contributed by atoms with Crippen molar-refractivity contribution >= 4 is 28.9 Å². The SMILES string of the molecule is Cc1c(C(=O)Nc2cc(Cl)ccc2N2CCCCC2)cnn1-c1ccccc1F. The number of piperidine rings is 1. The van der Waals surface area contributed by atoms with E-state index in [4.69, 9.17) is 11.6 Å². The highest BCUT2D eigenvalue weighted by Gasteiger charge is 2.20.